The molecule has 1 fully saturated rings. The molecule has 3 heterocycles. The third-order valence-electron chi connectivity index (χ3n) is 6.78. The number of hydrogen-bond acceptors (Lipinski definition) is 8. The molecular weight excluding hydrogens is 529 g/mol. The highest BCUT2D eigenvalue weighted by Crippen LogP contribution is 2.32. The molecule has 0 bridgehead atoms. The van der Waals surface area contributed by atoms with Gasteiger partial charge in [-0.1, -0.05) is 0 Å². The van der Waals surface area contributed by atoms with Gasteiger partial charge in [0.05, 0.1) is 52.1 Å². The Morgan fingerprint density at radius 3 is 2.59 bits per heavy atom. The number of alkyl halides is 1. The molecule has 4 rings (SSSR count). The summed E-state index contributed by atoms with van der Waals surface area (Å²) in [7, 11) is 0. The van der Waals surface area contributed by atoms with Gasteiger partial charge in [-0.25, -0.2) is 13.7 Å². The molecule has 0 saturated heterocycles. The Morgan fingerprint density at radius 2 is 1.93 bits per heavy atom. The number of ether oxygens (including phenoxy) is 1. The molecule has 3 aromatic heterocycles. The molecule has 1 atom stereocenters. The van der Waals surface area contributed by atoms with E-state index in [1.165, 1.54) is 26.2 Å². The van der Waals surface area contributed by atoms with Gasteiger partial charge >= 0.3 is 6.09 Å². The number of nitriles is 1. The van der Waals surface area contributed by atoms with Gasteiger partial charge in [0, 0.05) is 18.8 Å². The van der Waals surface area contributed by atoms with E-state index < -0.39 is 29.4 Å². The summed E-state index contributed by atoms with van der Waals surface area (Å²) in [5, 5.41) is 32.2. The number of nitrogens with one attached hydrogen (secondary N) is 3. The Morgan fingerprint density at radius 1 is 1.20 bits per heavy atom. The number of hydrogen-bond donors (Lipinski definition) is 4. The summed E-state index contributed by atoms with van der Waals surface area (Å²) in [6.07, 6.45) is 2.29. The summed E-state index contributed by atoms with van der Waals surface area (Å²) >= 11 is 0. The van der Waals surface area contributed by atoms with E-state index in [1.807, 2.05) is 12.1 Å². The zero-order valence-corrected chi connectivity index (χ0v) is 23.9. The molecule has 4 N–H and O–H groups in total. The third kappa shape index (κ3) is 7.49. The lowest BCUT2D eigenvalue weighted by Crippen LogP contribution is -2.44. The predicted octanol–water partition coefficient (Wildman–Crippen LogP) is 3.82. The van der Waals surface area contributed by atoms with Gasteiger partial charge in [-0.3, -0.25) is 9.78 Å². The minimum absolute atomic E-state index is 0.0351. The number of carbonyl (C=O) groups excluding carboxylic acids is 2. The number of rotatable bonds is 9. The second-order valence-electron chi connectivity index (χ2n) is 11.9. The lowest BCUT2D eigenvalue weighted by atomic mass is 9.80. The normalized spacial score (nSPS) is 17.7. The van der Waals surface area contributed by atoms with Crippen molar-refractivity contribution in [1.29, 1.82) is 5.26 Å². The fraction of sp³-hybridized carbons (Fsp3) is 0.483. The van der Waals surface area contributed by atoms with Gasteiger partial charge < -0.3 is 25.8 Å². The number of pyridine rings is 1. The van der Waals surface area contributed by atoms with Crippen LogP contribution < -0.4 is 16.0 Å². The smallest absolute Gasteiger partial charge is 0.407 e. The first-order valence-corrected chi connectivity index (χ1v) is 13.5. The average Bonchev–Trinajstić information content (AvgIpc) is 3.29. The zero-order valence-electron chi connectivity index (χ0n) is 23.9. The van der Waals surface area contributed by atoms with Gasteiger partial charge in [0.15, 0.2) is 0 Å². The molecular formula is C29H36FN7O4. The van der Waals surface area contributed by atoms with Crippen molar-refractivity contribution in [2.45, 2.75) is 70.9 Å². The maximum absolute atomic E-state index is 14.3. The fourth-order valence-corrected chi connectivity index (χ4v) is 4.46. The van der Waals surface area contributed by atoms with Crippen LogP contribution in [0, 0.1) is 17.2 Å². The topological polar surface area (TPSA) is 154 Å². The standard InChI is InChI=1S/C29H36FN7O4/c1-28(2,3)41-27(39)34-13-17-8-19(9-17)36-22-11-23(24-7-6-20-10-18(12-31)14-35-37(20)24)32-15-21(22)26(38)33-16-25(30)29(4,5)40/h6-7,10-11,14-15,17,19,25,40H,8-9,13,16H2,1-5H3,(H,32,36)(H,33,38)(H,34,39)/t17-,19-,25-/m1/s1. The zero-order chi connectivity index (χ0) is 29.9. The Balaban J connectivity index is 1.51. The number of nitrogens with zero attached hydrogens (tertiary/aromatic N) is 4. The predicted molar refractivity (Wildman–Crippen MR) is 151 cm³/mol. The summed E-state index contributed by atoms with van der Waals surface area (Å²) in [4.78, 5) is 29.5. The van der Waals surface area contributed by atoms with Crippen molar-refractivity contribution in [2.24, 2.45) is 5.92 Å². The van der Waals surface area contributed by atoms with E-state index in [2.05, 4.69) is 32.1 Å². The maximum atomic E-state index is 14.3. The number of carbonyl (C=O) groups is 2. The summed E-state index contributed by atoms with van der Waals surface area (Å²) < 4.78 is 21.3. The number of aromatic nitrogens is 3. The number of halogens is 1. The Hall–Kier alpha value is -4.24. The van der Waals surface area contributed by atoms with Crippen LogP contribution >= 0.6 is 0 Å². The van der Waals surface area contributed by atoms with E-state index in [0.29, 0.717) is 29.2 Å². The highest BCUT2D eigenvalue weighted by Gasteiger charge is 2.32. The van der Waals surface area contributed by atoms with Crippen LogP contribution in [0.2, 0.25) is 0 Å². The fourth-order valence-electron chi connectivity index (χ4n) is 4.46. The van der Waals surface area contributed by atoms with Crippen molar-refractivity contribution in [2.75, 3.05) is 18.4 Å². The maximum Gasteiger partial charge on any atom is 0.407 e. The number of amides is 2. The van der Waals surface area contributed by atoms with E-state index in [9.17, 15) is 24.3 Å². The number of anilines is 1. The first-order valence-electron chi connectivity index (χ1n) is 13.5. The number of alkyl carbamates (subject to hydrolysis) is 1. The molecule has 1 aliphatic rings. The first kappa shape index (κ1) is 29.7. The van der Waals surface area contributed by atoms with Gasteiger partial charge in [0.25, 0.3) is 5.91 Å². The molecule has 12 heteroatoms. The third-order valence-corrected chi connectivity index (χ3v) is 6.78. The second kappa shape index (κ2) is 11.7. The molecule has 11 nitrogen and oxygen atoms in total. The highest BCUT2D eigenvalue weighted by atomic mass is 19.1. The lowest BCUT2D eigenvalue weighted by molar-refractivity contribution is -0.00178. The van der Waals surface area contributed by atoms with Gasteiger partial charge in [-0.15, -0.1) is 0 Å². The molecule has 218 valence electrons. The van der Waals surface area contributed by atoms with Crippen molar-refractivity contribution in [3.05, 3.63) is 47.8 Å². The summed E-state index contributed by atoms with van der Waals surface area (Å²) in [5.41, 5.74) is 0.934. The quantitative estimate of drug-likeness (QED) is 0.305. The van der Waals surface area contributed by atoms with E-state index in [0.717, 1.165) is 18.4 Å². The van der Waals surface area contributed by atoms with Crippen molar-refractivity contribution < 1.29 is 23.8 Å². The molecule has 0 aliphatic heterocycles. The van der Waals surface area contributed by atoms with Crippen LogP contribution in [-0.2, 0) is 4.74 Å². The van der Waals surface area contributed by atoms with E-state index >= 15 is 0 Å². The number of fused-ring (bicyclic) bond motifs is 1. The van der Waals surface area contributed by atoms with Gasteiger partial charge in [0.2, 0.25) is 0 Å². The van der Waals surface area contributed by atoms with E-state index in [4.69, 9.17) is 4.74 Å². The van der Waals surface area contributed by atoms with E-state index in [1.54, 1.807) is 37.4 Å². The van der Waals surface area contributed by atoms with Crippen LogP contribution in [0.5, 0.6) is 0 Å². The number of aliphatic hydroxyl groups is 1. The molecule has 41 heavy (non-hydrogen) atoms. The van der Waals surface area contributed by atoms with Crippen molar-refractivity contribution in [3.63, 3.8) is 0 Å². The second-order valence-corrected chi connectivity index (χ2v) is 11.9. The molecule has 0 aromatic carbocycles. The highest BCUT2D eigenvalue weighted by molar-refractivity contribution is 6.00. The van der Waals surface area contributed by atoms with Crippen LogP contribution in [0.1, 0.15) is 63.4 Å². The van der Waals surface area contributed by atoms with Crippen molar-refractivity contribution in [3.8, 4) is 17.5 Å². The SMILES string of the molecule is CC(C)(C)OC(=O)NC[C@H]1C[C@H](Nc2cc(-c3ccc4cc(C#N)cnn34)ncc2C(=O)NC[C@@H](F)C(C)(C)O)C1. The van der Waals surface area contributed by atoms with Crippen LogP contribution in [0.15, 0.2) is 36.7 Å². The lowest BCUT2D eigenvalue weighted by Gasteiger charge is -2.37. The van der Waals surface area contributed by atoms with Crippen LogP contribution in [0.3, 0.4) is 0 Å². The Labute approximate surface area is 238 Å². The molecule has 0 radical (unpaired) electrons. The van der Waals surface area contributed by atoms with Gasteiger partial charge in [0.1, 0.15) is 17.8 Å². The average molecular weight is 566 g/mol. The Bertz CT molecular complexity index is 1460. The summed E-state index contributed by atoms with van der Waals surface area (Å²) in [6.45, 7) is 8.22. The van der Waals surface area contributed by atoms with Crippen LogP contribution in [0.25, 0.3) is 16.9 Å². The molecule has 3 aromatic rings. The monoisotopic (exact) mass is 565 g/mol. The van der Waals surface area contributed by atoms with Gasteiger partial charge in [-0.2, -0.15) is 10.4 Å². The van der Waals surface area contributed by atoms with E-state index in [-0.39, 0.29) is 24.1 Å². The van der Waals surface area contributed by atoms with Crippen LogP contribution in [0.4, 0.5) is 14.9 Å². The largest absolute Gasteiger partial charge is 0.444 e. The Kier molecular flexibility index (Phi) is 8.49. The molecule has 0 unspecified atom stereocenters. The molecule has 1 aliphatic carbocycles. The minimum Gasteiger partial charge on any atom is -0.444 e. The molecule has 0 spiro atoms. The first-order chi connectivity index (χ1) is 19.2. The van der Waals surface area contributed by atoms with Crippen LogP contribution in [-0.4, -0.2) is 68.2 Å². The summed E-state index contributed by atoms with van der Waals surface area (Å²) in [6, 6.07) is 9.21. The van der Waals surface area contributed by atoms with Gasteiger partial charge in [-0.05, 0) is 77.6 Å². The van der Waals surface area contributed by atoms with Crippen molar-refractivity contribution in [1.82, 2.24) is 25.2 Å². The molecule has 2 amide bonds. The van der Waals surface area contributed by atoms with Crippen molar-refractivity contribution >= 4 is 23.2 Å². The molecule has 1 saturated carbocycles. The minimum atomic E-state index is -1.66. The summed E-state index contributed by atoms with van der Waals surface area (Å²) in [5.74, 6) is -0.288.